The van der Waals surface area contributed by atoms with E-state index in [4.69, 9.17) is 9.47 Å². The van der Waals surface area contributed by atoms with Gasteiger partial charge in [0.05, 0.1) is 6.54 Å². The molecule has 0 aliphatic heterocycles. The number of rotatable bonds is 2. The van der Waals surface area contributed by atoms with Gasteiger partial charge in [0.25, 0.3) is 0 Å². The summed E-state index contributed by atoms with van der Waals surface area (Å²) in [5.74, 6) is -0.203. The van der Waals surface area contributed by atoms with E-state index in [2.05, 4.69) is 10.1 Å². The van der Waals surface area contributed by atoms with E-state index in [1.165, 1.54) is 17.1 Å². The Kier molecular flexibility index (Phi) is 6.66. The fraction of sp³-hybridized carbons (Fsp3) is 0.625. The molecule has 0 saturated carbocycles. The normalized spacial score (nSPS) is 12.7. The van der Waals surface area contributed by atoms with Gasteiger partial charge < -0.3 is 9.47 Å². The van der Waals surface area contributed by atoms with Crippen molar-refractivity contribution < 1.29 is 23.5 Å². The van der Waals surface area contributed by atoms with Crippen molar-refractivity contribution in [2.75, 3.05) is 13.2 Å². The van der Waals surface area contributed by atoms with Crippen molar-refractivity contribution in [2.45, 2.75) is 52.7 Å². The van der Waals surface area contributed by atoms with Crippen molar-refractivity contribution in [3.8, 4) is 0 Å². The Hall–Kier alpha value is -2.45. The molecule has 9 heteroatoms. The van der Waals surface area contributed by atoms with E-state index >= 15 is 0 Å². The summed E-state index contributed by atoms with van der Waals surface area (Å²) in [5, 5.41) is 3.95. The summed E-state index contributed by atoms with van der Waals surface area (Å²) in [7, 11) is 0. The monoisotopic (exact) mass is 356 g/mol. The highest BCUT2D eigenvalue weighted by Crippen LogP contribution is 2.13. The Bertz CT molecular complexity index is 615. The van der Waals surface area contributed by atoms with Crippen molar-refractivity contribution in [1.82, 2.24) is 14.7 Å². The molecule has 1 aromatic heterocycles. The number of halogens is 1. The summed E-state index contributed by atoms with van der Waals surface area (Å²) in [6, 6.07) is 1.58. The third-order valence-electron chi connectivity index (χ3n) is 2.46. The quantitative estimate of drug-likeness (QED) is 0.600. The van der Waals surface area contributed by atoms with Gasteiger partial charge in [-0.3, -0.25) is 0 Å². The van der Waals surface area contributed by atoms with Crippen LogP contribution in [0.2, 0.25) is 0 Å². The van der Waals surface area contributed by atoms with Crippen molar-refractivity contribution in [3.63, 3.8) is 0 Å². The van der Waals surface area contributed by atoms with Crippen molar-refractivity contribution in [2.24, 2.45) is 4.99 Å². The molecule has 0 radical (unpaired) electrons. The predicted molar refractivity (Wildman–Crippen MR) is 90.2 cm³/mol. The SMILES string of the molecule is CC(C)(C)OC(=O)/N=C(\N(CCF)C(=O)OC(C)(C)C)n1cccn1. The molecule has 0 aliphatic rings. The van der Waals surface area contributed by atoms with E-state index < -0.39 is 30.1 Å². The molecule has 1 rings (SSSR count). The van der Waals surface area contributed by atoms with Gasteiger partial charge in [0.15, 0.2) is 0 Å². The average molecular weight is 356 g/mol. The minimum Gasteiger partial charge on any atom is -0.443 e. The minimum atomic E-state index is -0.926. The third-order valence-corrected chi connectivity index (χ3v) is 2.46. The van der Waals surface area contributed by atoms with Gasteiger partial charge in [-0.05, 0) is 47.6 Å². The molecule has 1 aromatic rings. The molecule has 0 saturated heterocycles. The standard InChI is InChI=1S/C16H25FN4O4/c1-15(2,3)24-13(22)19-12(21-10-7-9-18-21)20(11-8-17)14(23)25-16(4,5)6/h7,9-10H,8,11H2,1-6H3/b19-12+. The lowest BCUT2D eigenvalue weighted by Crippen LogP contribution is -2.45. The highest BCUT2D eigenvalue weighted by molar-refractivity contribution is 5.99. The number of carbonyl (C=O) groups excluding carboxylic acids is 2. The first-order valence-electron chi connectivity index (χ1n) is 7.81. The number of ether oxygens (including phenoxy) is 2. The van der Waals surface area contributed by atoms with Crippen molar-refractivity contribution in [1.29, 1.82) is 0 Å². The average Bonchev–Trinajstić information content (AvgIpc) is 2.92. The smallest absolute Gasteiger partial charge is 0.437 e. The zero-order chi connectivity index (χ0) is 19.3. The molecule has 2 amide bonds. The molecule has 0 unspecified atom stereocenters. The van der Waals surface area contributed by atoms with Crippen LogP contribution in [-0.2, 0) is 9.47 Å². The molecule has 0 N–H and O–H groups in total. The van der Waals surface area contributed by atoms with E-state index in [9.17, 15) is 14.0 Å². The second-order valence-corrected chi connectivity index (χ2v) is 7.16. The van der Waals surface area contributed by atoms with E-state index in [1.54, 1.807) is 47.6 Å². The molecule has 8 nitrogen and oxygen atoms in total. The number of aliphatic imine (C=N–C) groups is 1. The van der Waals surface area contributed by atoms with Crippen LogP contribution in [0, 0.1) is 0 Å². The summed E-state index contributed by atoms with van der Waals surface area (Å²) in [6.07, 6.45) is 1.14. The van der Waals surface area contributed by atoms with E-state index in [0.29, 0.717) is 0 Å². The van der Waals surface area contributed by atoms with E-state index in [1.807, 2.05) is 0 Å². The molecule has 0 atom stereocenters. The van der Waals surface area contributed by atoms with E-state index in [0.717, 1.165) is 4.90 Å². The van der Waals surface area contributed by atoms with Gasteiger partial charge >= 0.3 is 12.2 Å². The van der Waals surface area contributed by atoms with Crippen LogP contribution in [0.4, 0.5) is 14.0 Å². The zero-order valence-electron chi connectivity index (χ0n) is 15.4. The topological polar surface area (TPSA) is 86.0 Å². The molecule has 1 heterocycles. The molecular weight excluding hydrogens is 331 g/mol. The van der Waals surface area contributed by atoms with Crippen molar-refractivity contribution in [3.05, 3.63) is 18.5 Å². The predicted octanol–water partition coefficient (Wildman–Crippen LogP) is 3.23. The minimum absolute atomic E-state index is 0.203. The maximum atomic E-state index is 13.0. The zero-order valence-corrected chi connectivity index (χ0v) is 15.4. The lowest BCUT2D eigenvalue weighted by Gasteiger charge is -2.27. The Labute approximate surface area is 146 Å². The lowest BCUT2D eigenvalue weighted by atomic mass is 10.2. The number of hydrogen-bond donors (Lipinski definition) is 0. The van der Waals surface area contributed by atoms with Crippen molar-refractivity contribution >= 4 is 18.1 Å². The van der Waals surface area contributed by atoms with Gasteiger partial charge in [-0.15, -0.1) is 4.99 Å². The maximum Gasteiger partial charge on any atom is 0.437 e. The van der Waals surface area contributed by atoms with E-state index in [-0.39, 0.29) is 12.5 Å². The van der Waals surface area contributed by atoms with Crippen LogP contribution in [0.5, 0.6) is 0 Å². The molecule has 0 aliphatic carbocycles. The summed E-state index contributed by atoms with van der Waals surface area (Å²) < 4.78 is 24.6. The fourth-order valence-corrected chi connectivity index (χ4v) is 1.66. The molecule has 0 aromatic carbocycles. The number of hydrogen-bond acceptors (Lipinski definition) is 5. The van der Waals surface area contributed by atoms with Crippen LogP contribution in [0.3, 0.4) is 0 Å². The van der Waals surface area contributed by atoms with Gasteiger partial charge in [0.1, 0.15) is 17.9 Å². The molecule has 0 bridgehead atoms. The summed E-state index contributed by atoms with van der Waals surface area (Å²) in [5.41, 5.74) is -1.57. The highest BCUT2D eigenvalue weighted by Gasteiger charge is 2.28. The van der Waals surface area contributed by atoms with Gasteiger partial charge in [-0.25, -0.2) is 23.6 Å². The second kappa shape index (κ2) is 8.09. The Morgan fingerprint density at radius 1 is 1.16 bits per heavy atom. The van der Waals surface area contributed by atoms with Gasteiger partial charge in [-0.1, -0.05) is 0 Å². The first-order valence-corrected chi connectivity index (χ1v) is 7.81. The van der Waals surface area contributed by atoms with Crippen LogP contribution >= 0.6 is 0 Å². The number of aromatic nitrogens is 2. The summed E-state index contributed by atoms with van der Waals surface area (Å²) in [6.45, 7) is 8.87. The molecule has 0 spiro atoms. The van der Waals surface area contributed by atoms with Crippen LogP contribution < -0.4 is 0 Å². The molecule has 0 fully saturated rings. The maximum absolute atomic E-state index is 13.0. The lowest BCUT2D eigenvalue weighted by molar-refractivity contribution is 0.0354. The number of amides is 2. The largest absolute Gasteiger partial charge is 0.443 e. The van der Waals surface area contributed by atoms with Crippen LogP contribution in [0.25, 0.3) is 0 Å². The Morgan fingerprint density at radius 3 is 2.20 bits per heavy atom. The fourth-order valence-electron chi connectivity index (χ4n) is 1.66. The third kappa shape index (κ3) is 7.32. The summed E-state index contributed by atoms with van der Waals surface area (Å²) in [4.78, 5) is 29.2. The van der Waals surface area contributed by atoms with Crippen LogP contribution in [0.15, 0.2) is 23.5 Å². The van der Waals surface area contributed by atoms with Gasteiger partial charge in [0, 0.05) is 12.4 Å². The summed E-state index contributed by atoms with van der Waals surface area (Å²) >= 11 is 0. The van der Waals surface area contributed by atoms with Crippen LogP contribution in [-0.4, -0.2) is 57.2 Å². The molecule has 25 heavy (non-hydrogen) atoms. The first kappa shape index (κ1) is 20.6. The Morgan fingerprint density at radius 2 is 1.76 bits per heavy atom. The molecular formula is C16H25FN4O4. The Balaban J connectivity index is 3.23. The van der Waals surface area contributed by atoms with Crippen LogP contribution in [0.1, 0.15) is 41.5 Å². The second-order valence-electron chi connectivity index (χ2n) is 7.16. The molecule has 140 valence electrons. The first-order chi connectivity index (χ1) is 11.4. The number of alkyl halides is 1. The van der Waals surface area contributed by atoms with Gasteiger partial charge in [0.2, 0.25) is 5.96 Å². The highest BCUT2D eigenvalue weighted by atomic mass is 19.1. The van der Waals surface area contributed by atoms with Gasteiger partial charge in [-0.2, -0.15) is 5.10 Å². The number of carbonyl (C=O) groups is 2. The number of nitrogens with zero attached hydrogens (tertiary/aromatic N) is 4.